The van der Waals surface area contributed by atoms with E-state index in [4.69, 9.17) is 4.74 Å². The van der Waals surface area contributed by atoms with Crippen LogP contribution < -0.4 is 4.74 Å². The maximum Gasteiger partial charge on any atom is 0.257 e. The summed E-state index contributed by atoms with van der Waals surface area (Å²) in [5.74, 6) is 1.41. The Hall–Kier alpha value is -1.51. The second-order valence-corrected chi connectivity index (χ2v) is 4.33. The molecule has 1 amide bonds. The molecular formula is C13H17NO2. The number of para-hydroxylation sites is 1. The zero-order valence-corrected chi connectivity index (χ0v) is 9.77. The van der Waals surface area contributed by atoms with Gasteiger partial charge in [0.15, 0.2) is 0 Å². The first-order valence-corrected chi connectivity index (χ1v) is 5.61. The van der Waals surface area contributed by atoms with E-state index in [9.17, 15) is 4.79 Å². The van der Waals surface area contributed by atoms with Gasteiger partial charge in [-0.3, -0.25) is 4.79 Å². The van der Waals surface area contributed by atoms with Crippen LogP contribution in [0, 0.1) is 5.92 Å². The second-order valence-electron chi connectivity index (χ2n) is 4.33. The number of amides is 1. The topological polar surface area (TPSA) is 29.5 Å². The molecule has 0 aliphatic heterocycles. The molecule has 0 atom stereocenters. The molecule has 1 fully saturated rings. The minimum atomic E-state index is 0.0457. The third kappa shape index (κ3) is 2.35. The lowest BCUT2D eigenvalue weighted by atomic mass is 10.1. The summed E-state index contributed by atoms with van der Waals surface area (Å²) in [6.07, 6.45) is 2.51. The molecule has 1 aromatic carbocycles. The molecule has 1 aliphatic rings. The molecule has 0 spiro atoms. The maximum absolute atomic E-state index is 12.1. The number of hydrogen-bond donors (Lipinski definition) is 0. The van der Waals surface area contributed by atoms with Crippen LogP contribution in [0.2, 0.25) is 0 Å². The van der Waals surface area contributed by atoms with Crippen molar-refractivity contribution >= 4 is 5.91 Å². The highest BCUT2D eigenvalue weighted by Crippen LogP contribution is 2.30. The van der Waals surface area contributed by atoms with Gasteiger partial charge in [-0.1, -0.05) is 12.1 Å². The van der Waals surface area contributed by atoms with E-state index in [2.05, 4.69) is 0 Å². The Morgan fingerprint density at radius 3 is 2.75 bits per heavy atom. The van der Waals surface area contributed by atoms with Crippen molar-refractivity contribution in [1.29, 1.82) is 0 Å². The van der Waals surface area contributed by atoms with E-state index in [1.165, 1.54) is 12.8 Å². The van der Waals surface area contributed by atoms with Gasteiger partial charge in [-0.15, -0.1) is 0 Å². The molecule has 1 aliphatic carbocycles. The van der Waals surface area contributed by atoms with Crippen LogP contribution >= 0.6 is 0 Å². The number of nitrogens with zero attached hydrogens (tertiary/aromatic N) is 1. The van der Waals surface area contributed by atoms with Crippen LogP contribution in [-0.4, -0.2) is 31.5 Å². The summed E-state index contributed by atoms with van der Waals surface area (Å²) in [6, 6.07) is 7.36. The van der Waals surface area contributed by atoms with Crippen LogP contribution in [0.1, 0.15) is 23.2 Å². The van der Waals surface area contributed by atoms with E-state index in [0.29, 0.717) is 17.2 Å². The standard InChI is InChI=1S/C13H17NO2/c1-14(9-10-7-8-10)13(15)11-5-3-4-6-12(11)16-2/h3-6,10H,7-9H2,1-2H3. The molecule has 0 radical (unpaired) electrons. The van der Waals surface area contributed by atoms with E-state index in [0.717, 1.165) is 6.54 Å². The van der Waals surface area contributed by atoms with Crippen molar-refractivity contribution < 1.29 is 9.53 Å². The molecule has 0 N–H and O–H groups in total. The van der Waals surface area contributed by atoms with Crippen molar-refractivity contribution in [3.05, 3.63) is 29.8 Å². The quantitative estimate of drug-likeness (QED) is 0.776. The number of rotatable bonds is 4. The van der Waals surface area contributed by atoms with Gasteiger partial charge in [-0.25, -0.2) is 0 Å². The van der Waals surface area contributed by atoms with Crippen LogP contribution in [0.25, 0.3) is 0 Å². The number of benzene rings is 1. The first kappa shape index (κ1) is 11.0. The molecule has 0 saturated heterocycles. The lowest BCUT2D eigenvalue weighted by Gasteiger charge is -2.18. The van der Waals surface area contributed by atoms with Gasteiger partial charge < -0.3 is 9.64 Å². The molecule has 2 rings (SSSR count). The van der Waals surface area contributed by atoms with Gasteiger partial charge >= 0.3 is 0 Å². The summed E-state index contributed by atoms with van der Waals surface area (Å²) in [5, 5.41) is 0. The minimum absolute atomic E-state index is 0.0457. The highest BCUT2D eigenvalue weighted by Gasteiger charge is 2.26. The van der Waals surface area contributed by atoms with Crippen molar-refractivity contribution in [2.24, 2.45) is 5.92 Å². The van der Waals surface area contributed by atoms with Crippen LogP contribution in [0.3, 0.4) is 0 Å². The monoisotopic (exact) mass is 219 g/mol. The Kier molecular flexibility index (Phi) is 3.13. The molecule has 0 aromatic heterocycles. The van der Waals surface area contributed by atoms with Crippen LogP contribution in [0.5, 0.6) is 5.75 Å². The summed E-state index contributed by atoms with van der Waals surface area (Å²) in [5.41, 5.74) is 0.646. The average Bonchev–Trinajstić information content (AvgIpc) is 3.11. The SMILES string of the molecule is COc1ccccc1C(=O)N(C)CC1CC1. The van der Waals surface area contributed by atoms with Crippen LogP contribution in [-0.2, 0) is 0 Å². The van der Waals surface area contributed by atoms with E-state index >= 15 is 0 Å². The van der Waals surface area contributed by atoms with Crippen molar-refractivity contribution in [1.82, 2.24) is 4.90 Å². The van der Waals surface area contributed by atoms with E-state index < -0.39 is 0 Å². The van der Waals surface area contributed by atoms with Gasteiger partial charge in [-0.2, -0.15) is 0 Å². The second kappa shape index (κ2) is 4.56. The first-order chi connectivity index (χ1) is 7.72. The maximum atomic E-state index is 12.1. The fraction of sp³-hybridized carbons (Fsp3) is 0.462. The largest absolute Gasteiger partial charge is 0.496 e. The van der Waals surface area contributed by atoms with Gasteiger partial charge in [0.25, 0.3) is 5.91 Å². The molecule has 0 unspecified atom stereocenters. The number of methoxy groups -OCH3 is 1. The Bertz CT molecular complexity index is 385. The molecule has 0 heterocycles. The lowest BCUT2D eigenvalue weighted by Crippen LogP contribution is -2.29. The van der Waals surface area contributed by atoms with E-state index in [1.54, 1.807) is 12.0 Å². The predicted molar refractivity (Wildman–Crippen MR) is 62.7 cm³/mol. The molecule has 1 saturated carbocycles. The first-order valence-electron chi connectivity index (χ1n) is 5.61. The van der Waals surface area contributed by atoms with Gasteiger partial charge in [0.2, 0.25) is 0 Å². The molecule has 0 bridgehead atoms. The molecule has 16 heavy (non-hydrogen) atoms. The van der Waals surface area contributed by atoms with Crippen molar-refractivity contribution in [3.63, 3.8) is 0 Å². The molecule has 3 nitrogen and oxygen atoms in total. The zero-order chi connectivity index (χ0) is 11.5. The van der Waals surface area contributed by atoms with Crippen molar-refractivity contribution in [2.45, 2.75) is 12.8 Å². The predicted octanol–water partition coefficient (Wildman–Crippen LogP) is 2.18. The third-order valence-electron chi connectivity index (χ3n) is 2.91. The summed E-state index contributed by atoms with van der Waals surface area (Å²) in [4.78, 5) is 13.9. The third-order valence-corrected chi connectivity index (χ3v) is 2.91. The van der Waals surface area contributed by atoms with Crippen molar-refractivity contribution in [3.8, 4) is 5.75 Å². The molecule has 86 valence electrons. The zero-order valence-electron chi connectivity index (χ0n) is 9.77. The van der Waals surface area contributed by atoms with Crippen molar-refractivity contribution in [2.75, 3.05) is 20.7 Å². The Morgan fingerprint density at radius 2 is 2.12 bits per heavy atom. The van der Waals surface area contributed by atoms with Crippen LogP contribution in [0.4, 0.5) is 0 Å². The smallest absolute Gasteiger partial charge is 0.257 e. The summed E-state index contributed by atoms with van der Waals surface area (Å²) >= 11 is 0. The minimum Gasteiger partial charge on any atom is -0.496 e. The number of carbonyl (C=O) groups excluding carboxylic acids is 1. The Morgan fingerprint density at radius 1 is 1.44 bits per heavy atom. The van der Waals surface area contributed by atoms with Gasteiger partial charge in [0.1, 0.15) is 5.75 Å². The molecular weight excluding hydrogens is 202 g/mol. The number of ether oxygens (including phenoxy) is 1. The summed E-state index contributed by atoms with van der Waals surface area (Å²) in [7, 11) is 3.44. The van der Waals surface area contributed by atoms with Gasteiger partial charge in [0.05, 0.1) is 12.7 Å². The summed E-state index contributed by atoms with van der Waals surface area (Å²) < 4.78 is 5.19. The summed E-state index contributed by atoms with van der Waals surface area (Å²) in [6.45, 7) is 0.858. The fourth-order valence-corrected chi connectivity index (χ4v) is 1.80. The van der Waals surface area contributed by atoms with Gasteiger partial charge in [-0.05, 0) is 30.9 Å². The van der Waals surface area contributed by atoms with Crippen LogP contribution in [0.15, 0.2) is 24.3 Å². The van der Waals surface area contributed by atoms with E-state index in [1.807, 2.05) is 31.3 Å². The highest BCUT2D eigenvalue weighted by molar-refractivity contribution is 5.96. The highest BCUT2D eigenvalue weighted by atomic mass is 16.5. The van der Waals surface area contributed by atoms with Gasteiger partial charge in [0, 0.05) is 13.6 Å². The lowest BCUT2D eigenvalue weighted by molar-refractivity contribution is 0.0785. The number of carbonyl (C=O) groups is 1. The average molecular weight is 219 g/mol. The molecule has 1 aromatic rings. The Balaban J connectivity index is 2.11. The normalized spacial score (nSPS) is 14.6. The molecule has 3 heteroatoms. The fourth-order valence-electron chi connectivity index (χ4n) is 1.80. The van der Waals surface area contributed by atoms with E-state index in [-0.39, 0.29) is 5.91 Å². The number of hydrogen-bond acceptors (Lipinski definition) is 2. The Labute approximate surface area is 96.0 Å².